The fourth-order valence-corrected chi connectivity index (χ4v) is 4.58. The molecule has 2 aromatic rings. The van der Waals surface area contributed by atoms with E-state index in [0.29, 0.717) is 30.1 Å². The molecule has 1 saturated heterocycles. The summed E-state index contributed by atoms with van der Waals surface area (Å²) in [4.78, 5) is 24.6. The third-order valence-electron chi connectivity index (χ3n) is 4.40. The van der Waals surface area contributed by atoms with Gasteiger partial charge in [0, 0.05) is 12.6 Å². The first-order valence-electron chi connectivity index (χ1n) is 8.54. The Bertz CT molecular complexity index is 1020. The molecule has 0 unspecified atom stereocenters. The fraction of sp³-hybridized carbons (Fsp3) is 0.263. The summed E-state index contributed by atoms with van der Waals surface area (Å²) in [7, 11) is -0.656. The fourth-order valence-electron chi connectivity index (χ4n) is 3.03. The van der Waals surface area contributed by atoms with Crippen molar-refractivity contribution in [2.45, 2.75) is 6.42 Å². The van der Waals surface area contributed by atoms with E-state index in [0.717, 1.165) is 0 Å². The van der Waals surface area contributed by atoms with Crippen LogP contribution >= 0.6 is 0 Å². The van der Waals surface area contributed by atoms with Crippen LogP contribution in [-0.4, -0.2) is 46.8 Å². The van der Waals surface area contributed by atoms with Crippen LogP contribution in [-0.2, 0) is 14.8 Å². The number of benzene rings is 2. The standard InChI is InChI=1S/C19H20N2O6S/c1-26-17-12-13(21-10-5-11-28(21,24)25)8-9-16(17)20-18(22)14-6-3-4-7-15(14)19(23)27-2/h3-4,6-9,12H,5,10-11H2,1-2H3,(H,20,22). The van der Waals surface area contributed by atoms with E-state index in [-0.39, 0.29) is 16.9 Å². The lowest BCUT2D eigenvalue weighted by Gasteiger charge is -2.19. The first kappa shape index (κ1) is 19.7. The van der Waals surface area contributed by atoms with Gasteiger partial charge in [0.2, 0.25) is 10.0 Å². The number of sulfonamides is 1. The topological polar surface area (TPSA) is 102 Å². The van der Waals surface area contributed by atoms with E-state index in [2.05, 4.69) is 5.32 Å². The van der Waals surface area contributed by atoms with Gasteiger partial charge in [-0.2, -0.15) is 0 Å². The summed E-state index contributed by atoms with van der Waals surface area (Å²) in [5, 5.41) is 2.70. The van der Waals surface area contributed by atoms with Crippen LogP contribution in [0.1, 0.15) is 27.1 Å². The van der Waals surface area contributed by atoms with E-state index < -0.39 is 21.9 Å². The second kappa shape index (κ2) is 7.89. The molecule has 1 N–H and O–H groups in total. The van der Waals surface area contributed by atoms with E-state index in [4.69, 9.17) is 9.47 Å². The summed E-state index contributed by atoms with van der Waals surface area (Å²) < 4.78 is 35.6. The number of hydrogen-bond donors (Lipinski definition) is 1. The Hall–Kier alpha value is -3.07. The van der Waals surface area contributed by atoms with Gasteiger partial charge in [-0.15, -0.1) is 0 Å². The Morgan fingerprint density at radius 3 is 2.39 bits per heavy atom. The lowest BCUT2D eigenvalue weighted by Crippen LogP contribution is -2.25. The normalized spacial score (nSPS) is 15.1. The maximum Gasteiger partial charge on any atom is 0.338 e. The second-order valence-corrected chi connectivity index (χ2v) is 8.13. The van der Waals surface area contributed by atoms with E-state index >= 15 is 0 Å². The minimum absolute atomic E-state index is 0.109. The van der Waals surface area contributed by atoms with Gasteiger partial charge in [0.25, 0.3) is 5.91 Å². The molecule has 8 nitrogen and oxygen atoms in total. The summed E-state index contributed by atoms with van der Waals surface area (Å²) >= 11 is 0. The number of anilines is 2. The van der Waals surface area contributed by atoms with E-state index in [1.165, 1.54) is 30.7 Å². The summed E-state index contributed by atoms with van der Waals surface area (Å²) in [6.07, 6.45) is 0.563. The quantitative estimate of drug-likeness (QED) is 0.767. The molecule has 1 aliphatic rings. The van der Waals surface area contributed by atoms with E-state index in [1.54, 1.807) is 30.3 Å². The van der Waals surface area contributed by atoms with Crippen molar-refractivity contribution in [3.63, 3.8) is 0 Å². The van der Waals surface area contributed by atoms with E-state index in [1.807, 2.05) is 0 Å². The molecule has 0 radical (unpaired) electrons. The monoisotopic (exact) mass is 404 g/mol. The minimum atomic E-state index is -3.32. The molecule has 1 aliphatic heterocycles. The molecule has 28 heavy (non-hydrogen) atoms. The number of nitrogens with one attached hydrogen (secondary N) is 1. The van der Waals surface area contributed by atoms with Gasteiger partial charge in [-0.05, 0) is 30.7 Å². The Morgan fingerprint density at radius 1 is 1.07 bits per heavy atom. The molecule has 1 heterocycles. The van der Waals surface area contributed by atoms with Gasteiger partial charge in [-0.3, -0.25) is 9.10 Å². The van der Waals surface area contributed by atoms with Crippen LogP contribution in [0.3, 0.4) is 0 Å². The average molecular weight is 404 g/mol. The minimum Gasteiger partial charge on any atom is -0.494 e. The van der Waals surface area contributed by atoms with Gasteiger partial charge in [0.05, 0.1) is 42.5 Å². The third kappa shape index (κ3) is 3.79. The molecule has 0 spiro atoms. The van der Waals surface area contributed by atoms with Crippen molar-refractivity contribution >= 4 is 33.3 Å². The molecule has 0 atom stereocenters. The number of esters is 1. The number of ether oxygens (including phenoxy) is 2. The molecule has 9 heteroatoms. The van der Waals surface area contributed by atoms with E-state index in [9.17, 15) is 18.0 Å². The highest BCUT2D eigenvalue weighted by Gasteiger charge is 2.29. The van der Waals surface area contributed by atoms with Crippen LogP contribution in [0.25, 0.3) is 0 Å². The largest absolute Gasteiger partial charge is 0.494 e. The number of methoxy groups -OCH3 is 2. The summed E-state index contributed by atoms with van der Waals surface area (Å²) in [5.41, 5.74) is 1.12. The molecule has 2 aromatic carbocycles. The lowest BCUT2D eigenvalue weighted by molar-refractivity contribution is 0.0597. The predicted octanol–water partition coefficient (Wildman–Crippen LogP) is 2.27. The Morgan fingerprint density at radius 2 is 1.79 bits per heavy atom. The average Bonchev–Trinajstić information content (AvgIpc) is 3.06. The lowest BCUT2D eigenvalue weighted by atomic mass is 10.1. The molecular weight excluding hydrogens is 384 g/mol. The van der Waals surface area contributed by atoms with Gasteiger partial charge in [0.15, 0.2) is 0 Å². The van der Waals surface area contributed by atoms with Crippen molar-refractivity contribution in [1.29, 1.82) is 0 Å². The van der Waals surface area contributed by atoms with Gasteiger partial charge in [-0.1, -0.05) is 12.1 Å². The zero-order valence-corrected chi connectivity index (χ0v) is 16.3. The van der Waals surface area contributed by atoms with Crippen molar-refractivity contribution < 1.29 is 27.5 Å². The summed E-state index contributed by atoms with van der Waals surface area (Å²) in [6.45, 7) is 0.406. The number of amides is 1. The molecule has 0 aromatic heterocycles. The van der Waals surface area contributed by atoms with Gasteiger partial charge in [0.1, 0.15) is 5.75 Å². The zero-order valence-electron chi connectivity index (χ0n) is 15.5. The second-order valence-electron chi connectivity index (χ2n) is 6.12. The molecule has 0 saturated carbocycles. The number of carbonyl (C=O) groups is 2. The van der Waals surface area contributed by atoms with Crippen molar-refractivity contribution in [3.8, 4) is 5.75 Å². The van der Waals surface area contributed by atoms with Crippen LogP contribution in [0, 0.1) is 0 Å². The third-order valence-corrected chi connectivity index (χ3v) is 6.27. The van der Waals surface area contributed by atoms with Crippen molar-refractivity contribution in [2.75, 3.05) is 36.1 Å². The van der Waals surface area contributed by atoms with Crippen molar-refractivity contribution in [1.82, 2.24) is 0 Å². The summed E-state index contributed by atoms with van der Waals surface area (Å²) in [5.74, 6) is -0.713. The molecule has 0 aliphatic carbocycles. The molecule has 1 fully saturated rings. The zero-order chi connectivity index (χ0) is 20.3. The maximum absolute atomic E-state index is 12.7. The number of hydrogen-bond acceptors (Lipinski definition) is 6. The van der Waals surface area contributed by atoms with Gasteiger partial charge in [-0.25, -0.2) is 13.2 Å². The van der Waals surface area contributed by atoms with Crippen molar-refractivity contribution in [3.05, 3.63) is 53.6 Å². The van der Waals surface area contributed by atoms with Crippen LogP contribution in [0.5, 0.6) is 5.75 Å². The van der Waals surface area contributed by atoms with Gasteiger partial charge >= 0.3 is 5.97 Å². The molecule has 1 amide bonds. The van der Waals surface area contributed by atoms with Crippen molar-refractivity contribution in [2.24, 2.45) is 0 Å². The molecule has 3 rings (SSSR count). The highest BCUT2D eigenvalue weighted by Crippen LogP contribution is 2.33. The van der Waals surface area contributed by atoms with Crippen LogP contribution in [0.15, 0.2) is 42.5 Å². The number of nitrogens with zero attached hydrogens (tertiary/aromatic N) is 1. The highest BCUT2D eigenvalue weighted by atomic mass is 32.2. The first-order chi connectivity index (χ1) is 13.4. The Balaban J connectivity index is 1.89. The number of carbonyl (C=O) groups excluding carboxylic acids is 2. The molecule has 0 bridgehead atoms. The number of rotatable bonds is 5. The SMILES string of the molecule is COC(=O)c1ccccc1C(=O)Nc1ccc(N2CCCS2(=O)=O)cc1OC. The first-order valence-corrected chi connectivity index (χ1v) is 10.2. The summed E-state index contributed by atoms with van der Waals surface area (Å²) in [6, 6.07) is 11.0. The maximum atomic E-state index is 12.7. The highest BCUT2D eigenvalue weighted by molar-refractivity contribution is 7.93. The van der Waals surface area contributed by atoms with Crippen LogP contribution in [0.4, 0.5) is 11.4 Å². The predicted molar refractivity (Wildman–Crippen MR) is 104 cm³/mol. The van der Waals surface area contributed by atoms with Gasteiger partial charge < -0.3 is 14.8 Å². The Kier molecular flexibility index (Phi) is 5.55. The smallest absolute Gasteiger partial charge is 0.338 e. The Labute approximate surface area is 163 Å². The molecular formula is C19H20N2O6S. The van der Waals surface area contributed by atoms with Crippen LogP contribution in [0.2, 0.25) is 0 Å². The van der Waals surface area contributed by atoms with Crippen LogP contribution < -0.4 is 14.4 Å². The molecule has 148 valence electrons.